The molecule has 120 valence electrons. The van der Waals surface area contributed by atoms with Gasteiger partial charge in [-0.1, -0.05) is 6.07 Å². The van der Waals surface area contributed by atoms with Gasteiger partial charge in [0, 0.05) is 23.9 Å². The van der Waals surface area contributed by atoms with E-state index in [0.29, 0.717) is 28.9 Å². The normalized spacial score (nSPS) is 14.8. The van der Waals surface area contributed by atoms with Crippen LogP contribution in [0.15, 0.2) is 34.9 Å². The zero-order valence-corrected chi connectivity index (χ0v) is 14.5. The lowest BCUT2D eigenvalue weighted by Crippen LogP contribution is -2.22. The molecule has 4 nitrogen and oxygen atoms in total. The van der Waals surface area contributed by atoms with Crippen molar-refractivity contribution in [3.63, 3.8) is 0 Å². The quantitative estimate of drug-likeness (QED) is 0.870. The van der Waals surface area contributed by atoms with Gasteiger partial charge in [-0.25, -0.2) is 9.37 Å². The Hall–Kier alpha value is -1.95. The van der Waals surface area contributed by atoms with E-state index in [-0.39, 0.29) is 17.8 Å². The van der Waals surface area contributed by atoms with E-state index in [1.165, 1.54) is 6.07 Å². The van der Waals surface area contributed by atoms with Gasteiger partial charge in [0.25, 0.3) is 5.91 Å². The minimum atomic E-state index is -0.297. The number of fused-ring (bicyclic) bond motifs is 1. The van der Waals surface area contributed by atoms with Crippen LogP contribution in [0.2, 0.25) is 0 Å². The van der Waals surface area contributed by atoms with Gasteiger partial charge in [-0.2, -0.15) is 0 Å². The molecule has 1 aromatic carbocycles. The van der Waals surface area contributed by atoms with Crippen LogP contribution in [0.3, 0.4) is 0 Å². The summed E-state index contributed by atoms with van der Waals surface area (Å²) in [6.07, 6.45) is 1.63. The molecule has 1 aliphatic rings. The van der Waals surface area contributed by atoms with Crippen LogP contribution < -0.4 is 5.32 Å². The van der Waals surface area contributed by atoms with Crippen LogP contribution in [-0.2, 0) is 6.54 Å². The number of carbonyl (C=O) groups is 1. The molecule has 1 unspecified atom stereocenters. The van der Waals surface area contributed by atoms with E-state index >= 15 is 0 Å². The second kappa shape index (κ2) is 6.28. The number of nitrogens with one attached hydrogen (secondary N) is 1. The zero-order valence-electron chi connectivity index (χ0n) is 12.9. The van der Waals surface area contributed by atoms with Crippen molar-refractivity contribution in [3.8, 4) is 0 Å². The SMILES string of the molecule is CCN1Cc2c(ccnc2NC(C)c2ccc(Br)c(F)c2)C1=O. The van der Waals surface area contributed by atoms with Crippen LogP contribution in [0.1, 0.15) is 41.4 Å². The van der Waals surface area contributed by atoms with Gasteiger partial charge in [0.05, 0.1) is 17.1 Å². The second-order valence-corrected chi connectivity index (χ2v) is 6.40. The highest BCUT2D eigenvalue weighted by atomic mass is 79.9. The largest absolute Gasteiger partial charge is 0.363 e. The molecule has 1 atom stereocenters. The molecule has 2 heterocycles. The van der Waals surface area contributed by atoms with Crippen LogP contribution in [0.5, 0.6) is 0 Å². The molecule has 1 aromatic heterocycles. The number of benzene rings is 1. The molecule has 6 heteroatoms. The number of amides is 1. The first-order valence-corrected chi connectivity index (χ1v) is 8.29. The Labute approximate surface area is 142 Å². The van der Waals surface area contributed by atoms with Gasteiger partial charge in [-0.05, 0) is 53.5 Å². The van der Waals surface area contributed by atoms with E-state index in [1.54, 1.807) is 23.2 Å². The summed E-state index contributed by atoms with van der Waals surface area (Å²) in [5.41, 5.74) is 2.42. The van der Waals surface area contributed by atoms with Crippen molar-refractivity contribution in [1.29, 1.82) is 0 Å². The molecule has 3 rings (SSSR count). The third-order valence-corrected chi connectivity index (χ3v) is 4.74. The maximum atomic E-state index is 13.7. The first-order chi connectivity index (χ1) is 11.0. The summed E-state index contributed by atoms with van der Waals surface area (Å²) in [6, 6.07) is 6.67. The lowest BCUT2D eigenvalue weighted by molar-refractivity contribution is 0.0787. The summed E-state index contributed by atoms with van der Waals surface area (Å²) in [5.74, 6) is 0.424. The summed E-state index contributed by atoms with van der Waals surface area (Å²) < 4.78 is 14.1. The van der Waals surface area contributed by atoms with Crippen molar-refractivity contribution < 1.29 is 9.18 Å². The zero-order chi connectivity index (χ0) is 16.6. The van der Waals surface area contributed by atoms with Gasteiger partial charge < -0.3 is 10.2 Å². The molecule has 0 radical (unpaired) electrons. The molecule has 0 bridgehead atoms. The molecule has 23 heavy (non-hydrogen) atoms. The van der Waals surface area contributed by atoms with Crippen LogP contribution in [0, 0.1) is 5.82 Å². The Kier molecular flexibility index (Phi) is 4.35. The van der Waals surface area contributed by atoms with E-state index in [2.05, 4.69) is 26.2 Å². The number of pyridine rings is 1. The van der Waals surface area contributed by atoms with Crippen LogP contribution in [-0.4, -0.2) is 22.3 Å². The molecule has 0 spiro atoms. The average Bonchev–Trinajstić information content (AvgIpc) is 2.87. The average molecular weight is 378 g/mol. The van der Waals surface area contributed by atoms with Crippen molar-refractivity contribution in [2.75, 3.05) is 11.9 Å². The first-order valence-electron chi connectivity index (χ1n) is 7.50. The molecular formula is C17H17BrFN3O. The van der Waals surface area contributed by atoms with Crippen molar-refractivity contribution in [1.82, 2.24) is 9.88 Å². The monoisotopic (exact) mass is 377 g/mol. The number of carbonyl (C=O) groups excluding carboxylic acids is 1. The summed E-state index contributed by atoms with van der Waals surface area (Å²) in [6.45, 7) is 5.12. The molecule has 1 amide bonds. The molecule has 0 aliphatic carbocycles. The van der Waals surface area contributed by atoms with Gasteiger partial charge >= 0.3 is 0 Å². The van der Waals surface area contributed by atoms with Crippen LogP contribution in [0.4, 0.5) is 10.2 Å². The fourth-order valence-electron chi connectivity index (χ4n) is 2.74. The third-order valence-electron chi connectivity index (χ3n) is 4.10. The summed E-state index contributed by atoms with van der Waals surface area (Å²) in [4.78, 5) is 18.4. The van der Waals surface area contributed by atoms with E-state index in [0.717, 1.165) is 11.1 Å². The number of hydrogen-bond donors (Lipinski definition) is 1. The van der Waals surface area contributed by atoms with Crippen molar-refractivity contribution in [2.45, 2.75) is 26.4 Å². The Balaban J connectivity index is 1.87. The molecule has 0 fully saturated rings. The summed E-state index contributed by atoms with van der Waals surface area (Å²) in [5, 5.41) is 3.30. The molecule has 1 N–H and O–H groups in total. The smallest absolute Gasteiger partial charge is 0.254 e. The minimum Gasteiger partial charge on any atom is -0.363 e. The Bertz CT molecular complexity index is 765. The van der Waals surface area contributed by atoms with Crippen LogP contribution in [0.25, 0.3) is 0 Å². The number of aromatic nitrogens is 1. The molecule has 1 aliphatic heterocycles. The Morgan fingerprint density at radius 1 is 1.43 bits per heavy atom. The highest BCUT2D eigenvalue weighted by Crippen LogP contribution is 2.30. The molecular weight excluding hydrogens is 361 g/mol. The summed E-state index contributed by atoms with van der Waals surface area (Å²) >= 11 is 3.16. The number of rotatable bonds is 4. The van der Waals surface area contributed by atoms with Gasteiger partial charge in [0.2, 0.25) is 0 Å². The topological polar surface area (TPSA) is 45.2 Å². The Morgan fingerprint density at radius 3 is 2.91 bits per heavy atom. The second-order valence-electron chi connectivity index (χ2n) is 5.54. The number of nitrogens with zero attached hydrogens (tertiary/aromatic N) is 2. The van der Waals surface area contributed by atoms with Crippen LogP contribution >= 0.6 is 15.9 Å². The highest BCUT2D eigenvalue weighted by Gasteiger charge is 2.29. The van der Waals surface area contributed by atoms with Gasteiger partial charge in [-0.3, -0.25) is 4.79 Å². The number of hydrogen-bond acceptors (Lipinski definition) is 3. The van der Waals surface area contributed by atoms with E-state index in [4.69, 9.17) is 0 Å². The lowest BCUT2D eigenvalue weighted by atomic mass is 10.1. The molecule has 0 saturated carbocycles. The van der Waals surface area contributed by atoms with E-state index < -0.39 is 0 Å². The number of halogens is 2. The predicted octanol–water partition coefficient (Wildman–Crippen LogP) is 4.13. The predicted molar refractivity (Wildman–Crippen MR) is 90.8 cm³/mol. The minimum absolute atomic E-state index is 0.0373. The van der Waals surface area contributed by atoms with Crippen molar-refractivity contribution in [2.24, 2.45) is 0 Å². The van der Waals surface area contributed by atoms with Crippen molar-refractivity contribution in [3.05, 3.63) is 57.4 Å². The summed E-state index contributed by atoms with van der Waals surface area (Å²) in [7, 11) is 0. The third kappa shape index (κ3) is 2.95. The lowest BCUT2D eigenvalue weighted by Gasteiger charge is -2.17. The van der Waals surface area contributed by atoms with Gasteiger partial charge in [0.15, 0.2) is 0 Å². The fourth-order valence-corrected chi connectivity index (χ4v) is 2.98. The van der Waals surface area contributed by atoms with Crippen molar-refractivity contribution >= 4 is 27.7 Å². The molecule has 2 aromatic rings. The van der Waals surface area contributed by atoms with Gasteiger partial charge in [0.1, 0.15) is 11.6 Å². The fraction of sp³-hybridized carbons (Fsp3) is 0.294. The van der Waals surface area contributed by atoms with E-state index in [9.17, 15) is 9.18 Å². The van der Waals surface area contributed by atoms with Gasteiger partial charge in [-0.15, -0.1) is 0 Å². The maximum Gasteiger partial charge on any atom is 0.254 e. The molecule has 0 saturated heterocycles. The number of anilines is 1. The standard InChI is InChI=1S/C17H17BrFN3O/c1-3-22-9-13-12(17(22)23)6-7-20-16(13)21-10(2)11-4-5-14(18)15(19)8-11/h4-8,10H,3,9H2,1-2H3,(H,20,21). The van der Waals surface area contributed by atoms with E-state index in [1.807, 2.05) is 19.9 Å². The highest BCUT2D eigenvalue weighted by molar-refractivity contribution is 9.10. The maximum absolute atomic E-state index is 13.7. The Morgan fingerprint density at radius 2 is 2.22 bits per heavy atom. The first kappa shape index (κ1) is 15.9.